The van der Waals surface area contributed by atoms with Crippen LogP contribution in [0.2, 0.25) is 0 Å². The van der Waals surface area contributed by atoms with E-state index >= 15 is 0 Å². The van der Waals surface area contributed by atoms with Crippen LogP contribution in [0, 0.1) is 0 Å². The number of ether oxygens (including phenoxy) is 3. The van der Waals surface area contributed by atoms with Crippen LogP contribution in [-0.2, 0) is 17.5 Å². The lowest BCUT2D eigenvalue weighted by molar-refractivity contribution is -0.138. The Labute approximate surface area is 219 Å². The van der Waals surface area contributed by atoms with E-state index in [1.54, 1.807) is 30.3 Å². The Morgan fingerprint density at radius 1 is 1.13 bits per heavy atom. The molecule has 202 valence electrons. The average Bonchev–Trinajstić information content (AvgIpc) is 3.41. The number of rotatable bonds is 7. The van der Waals surface area contributed by atoms with Crippen LogP contribution in [0.3, 0.4) is 0 Å². The summed E-state index contributed by atoms with van der Waals surface area (Å²) in [6.45, 7) is 2.24. The van der Waals surface area contributed by atoms with Gasteiger partial charge in [-0.3, -0.25) is 4.90 Å². The van der Waals surface area contributed by atoms with Crippen LogP contribution in [0.25, 0.3) is 6.08 Å². The molecule has 3 aliphatic rings. The first-order chi connectivity index (χ1) is 18.2. The standard InChI is InChI=1S/C29H30F3NO5/c30-29(31,32)26-13-19(7-10-25(26)21-4-1-2-5-21)17-36-23-9-8-22-12-20(18-37-27(22)14-23)15-33-11-3-6-24(16-33)38-28(34)35/h6-10,12-14,21H,1-5,11,15-18H2,(H,34,35). The molecular weight excluding hydrogens is 499 g/mol. The van der Waals surface area contributed by atoms with Gasteiger partial charge >= 0.3 is 12.3 Å². The maximum Gasteiger partial charge on any atom is 0.511 e. The molecule has 1 aliphatic carbocycles. The molecule has 0 aromatic heterocycles. The molecule has 6 nitrogen and oxygen atoms in total. The van der Waals surface area contributed by atoms with Crippen molar-refractivity contribution in [3.63, 3.8) is 0 Å². The highest BCUT2D eigenvalue weighted by molar-refractivity contribution is 5.64. The number of benzene rings is 2. The molecule has 0 atom stereocenters. The predicted octanol–water partition coefficient (Wildman–Crippen LogP) is 7.00. The van der Waals surface area contributed by atoms with Crippen LogP contribution in [0.4, 0.5) is 18.0 Å². The van der Waals surface area contributed by atoms with E-state index in [2.05, 4.69) is 4.90 Å². The SMILES string of the molecule is O=C(O)OC1=CCCN(CC2=Cc3ccc(OCc4ccc(C5CCCC5)c(C(F)(F)F)c4)cc3OC2)C1. The van der Waals surface area contributed by atoms with Crippen molar-refractivity contribution in [3.8, 4) is 11.5 Å². The number of fused-ring (bicyclic) bond motifs is 1. The second-order valence-corrected chi connectivity index (χ2v) is 10.0. The van der Waals surface area contributed by atoms with Gasteiger partial charge in [-0.25, -0.2) is 4.79 Å². The van der Waals surface area contributed by atoms with Crippen molar-refractivity contribution in [1.29, 1.82) is 0 Å². The molecule has 2 aromatic rings. The predicted molar refractivity (Wildman–Crippen MR) is 135 cm³/mol. The van der Waals surface area contributed by atoms with Gasteiger partial charge in [0, 0.05) is 24.7 Å². The third-order valence-corrected chi connectivity index (χ3v) is 7.22. The summed E-state index contributed by atoms with van der Waals surface area (Å²) in [5.74, 6) is 1.57. The molecule has 1 N–H and O–H groups in total. The number of nitrogens with zero attached hydrogens (tertiary/aromatic N) is 1. The topological polar surface area (TPSA) is 68.2 Å². The van der Waals surface area contributed by atoms with E-state index in [1.807, 2.05) is 12.1 Å². The lowest BCUT2D eigenvalue weighted by Crippen LogP contribution is -2.34. The molecule has 1 saturated carbocycles. The summed E-state index contributed by atoms with van der Waals surface area (Å²) in [5.41, 5.74) is 2.25. The fraction of sp³-hybridized carbons (Fsp3) is 0.414. The smallest absolute Gasteiger partial charge is 0.489 e. The number of halogens is 3. The van der Waals surface area contributed by atoms with Gasteiger partial charge in [0.1, 0.15) is 30.5 Å². The van der Waals surface area contributed by atoms with Crippen LogP contribution < -0.4 is 9.47 Å². The molecule has 1 fully saturated rings. The summed E-state index contributed by atoms with van der Waals surface area (Å²) in [5, 5.41) is 8.84. The number of alkyl halides is 3. The van der Waals surface area contributed by atoms with Gasteiger partial charge in [0.25, 0.3) is 0 Å². The van der Waals surface area contributed by atoms with E-state index in [0.29, 0.717) is 54.5 Å². The minimum Gasteiger partial charge on any atom is -0.489 e. The Morgan fingerprint density at radius 3 is 2.71 bits per heavy atom. The van der Waals surface area contributed by atoms with E-state index < -0.39 is 17.9 Å². The quantitative estimate of drug-likeness (QED) is 0.390. The molecule has 0 unspecified atom stereocenters. The van der Waals surface area contributed by atoms with E-state index in [-0.39, 0.29) is 12.5 Å². The molecule has 0 radical (unpaired) electrons. The molecule has 5 rings (SSSR count). The first kappa shape index (κ1) is 26.2. The van der Waals surface area contributed by atoms with Gasteiger partial charge in [-0.1, -0.05) is 25.0 Å². The Bertz CT molecular complexity index is 1250. The summed E-state index contributed by atoms with van der Waals surface area (Å²) >= 11 is 0. The van der Waals surface area contributed by atoms with Crippen LogP contribution in [-0.4, -0.2) is 42.4 Å². The zero-order chi connectivity index (χ0) is 26.7. The number of carbonyl (C=O) groups is 1. The van der Waals surface area contributed by atoms with Crippen molar-refractivity contribution in [2.45, 2.75) is 50.8 Å². The fourth-order valence-corrected chi connectivity index (χ4v) is 5.45. The Kier molecular flexibility index (Phi) is 7.65. The minimum absolute atomic E-state index is 0.0242. The van der Waals surface area contributed by atoms with Crippen LogP contribution in [0.15, 0.2) is 53.8 Å². The maximum atomic E-state index is 13.8. The second kappa shape index (κ2) is 11.1. The summed E-state index contributed by atoms with van der Waals surface area (Å²) in [6.07, 6.45) is 2.39. The fourth-order valence-electron chi connectivity index (χ4n) is 5.45. The molecule has 2 heterocycles. The van der Waals surface area contributed by atoms with Gasteiger partial charge in [-0.2, -0.15) is 13.2 Å². The highest BCUT2D eigenvalue weighted by Crippen LogP contribution is 2.42. The van der Waals surface area contributed by atoms with E-state index in [1.165, 1.54) is 6.07 Å². The van der Waals surface area contributed by atoms with Crippen LogP contribution in [0.1, 0.15) is 60.3 Å². The summed E-state index contributed by atoms with van der Waals surface area (Å²) in [7, 11) is 0. The third kappa shape index (κ3) is 6.32. The number of carboxylic acid groups (broad SMARTS) is 1. The zero-order valence-corrected chi connectivity index (χ0v) is 20.9. The largest absolute Gasteiger partial charge is 0.511 e. The molecule has 0 bridgehead atoms. The van der Waals surface area contributed by atoms with E-state index in [0.717, 1.165) is 43.4 Å². The summed E-state index contributed by atoms with van der Waals surface area (Å²) in [6, 6.07) is 9.97. The van der Waals surface area contributed by atoms with Crippen molar-refractivity contribution in [3.05, 3.63) is 76.1 Å². The van der Waals surface area contributed by atoms with Crippen molar-refractivity contribution in [1.82, 2.24) is 4.90 Å². The number of hydrogen-bond acceptors (Lipinski definition) is 5. The zero-order valence-electron chi connectivity index (χ0n) is 20.9. The molecule has 2 aliphatic heterocycles. The highest BCUT2D eigenvalue weighted by atomic mass is 19.4. The van der Waals surface area contributed by atoms with Crippen LogP contribution >= 0.6 is 0 Å². The first-order valence-corrected chi connectivity index (χ1v) is 12.9. The molecule has 9 heteroatoms. The monoisotopic (exact) mass is 529 g/mol. The summed E-state index contributed by atoms with van der Waals surface area (Å²) < 4.78 is 57.9. The lowest BCUT2D eigenvalue weighted by Gasteiger charge is -2.28. The number of hydrogen-bond donors (Lipinski definition) is 1. The first-order valence-electron chi connectivity index (χ1n) is 12.9. The van der Waals surface area contributed by atoms with E-state index in [9.17, 15) is 18.0 Å². The second-order valence-electron chi connectivity index (χ2n) is 10.0. The van der Waals surface area contributed by atoms with E-state index in [4.69, 9.17) is 19.3 Å². The van der Waals surface area contributed by atoms with Crippen molar-refractivity contribution in [2.24, 2.45) is 0 Å². The highest BCUT2D eigenvalue weighted by Gasteiger charge is 2.36. The molecular formula is C29H30F3NO5. The van der Waals surface area contributed by atoms with Gasteiger partial charge in [-0.05, 0) is 72.2 Å². The molecule has 0 saturated heterocycles. The van der Waals surface area contributed by atoms with Gasteiger partial charge in [-0.15, -0.1) is 0 Å². The Balaban J connectivity index is 1.22. The van der Waals surface area contributed by atoms with Crippen molar-refractivity contribution >= 4 is 12.2 Å². The van der Waals surface area contributed by atoms with Gasteiger partial charge in [0.05, 0.1) is 12.1 Å². The molecule has 38 heavy (non-hydrogen) atoms. The van der Waals surface area contributed by atoms with Crippen molar-refractivity contribution < 1.29 is 37.3 Å². The van der Waals surface area contributed by atoms with Gasteiger partial charge < -0.3 is 19.3 Å². The van der Waals surface area contributed by atoms with Gasteiger partial charge in [0.15, 0.2) is 0 Å². The summed E-state index contributed by atoms with van der Waals surface area (Å²) in [4.78, 5) is 12.9. The lowest BCUT2D eigenvalue weighted by atomic mass is 9.91. The van der Waals surface area contributed by atoms with Gasteiger partial charge in [0.2, 0.25) is 0 Å². The van der Waals surface area contributed by atoms with Crippen molar-refractivity contribution in [2.75, 3.05) is 26.2 Å². The molecule has 2 aromatic carbocycles. The maximum absolute atomic E-state index is 13.8. The average molecular weight is 530 g/mol. The third-order valence-electron chi connectivity index (χ3n) is 7.22. The molecule has 0 amide bonds. The minimum atomic E-state index is -4.40. The Hall–Kier alpha value is -3.46. The normalized spacial score (nSPS) is 18.3. The Morgan fingerprint density at radius 2 is 1.95 bits per heavy atom. The molecule has 0 spiro atoms. The van der Waals surface area contributed by atoms with Crippen LogP contribution in [0.5, 0.6) is 11.5 Å².